The smallest absolute Gasteiger partial charge is 0.253 e. The number of nitrogens with two attached hydrogens (primary N) is 1. The molecule has 0 aromatic heterocycles. The van der Waals surface area contributed by atoms with Gasteiger partial charge in [0, 0.05) is 4.47 Å². The maximum Gasteiger partial charge on any atom is 0.253 e. The average Bonchev–Trinajstić information content (AvgIpc) is 2.87. The molecular weight excluding hydrogens is 322 g/mol. The molecule has 1 amide bonds. The van der Waals surface area contributed by atoms with Crippen LogP contribution in [0.5, 0.6) is 0 Å². The highest BCUT2D eigenvalue weighted by Crippen LogP contribution is 2.31. The Kier molecular flexibility index (Phi) is 4.32. The van der Waals surface area contributed by atoms with Gasteiger partial charge < -0.3 is 16.3 Å². The van der Waals surface area contributed by atoms with Crippen LogP contribution >= 0.6 is 15.9 Å². The largest absolute Gasteiger partial charge is 0.409 e. The van der Waals surface area contributed by atoms with Gasteiger partial charge in [-0.25, -0.2) is 0 Å². The average molecular weight is 340 g/mol. The molecule has 1 fully saturated rings. The van der Waals surface area contributed by atoms with Crippen molar-refractivity contribution in [2.24, 2.45) is 10.9 Å². The number of aryl methyl sites for hydroxylation is 1. The Morgan fingerprint density at radius 1 is 1.45 bits per heavy atom. The van der Waals surface area contributed by atoms with Gasteiger partial charge in [0.15, 0.2) is 5.84 Å². The van der Waals surface area contributed by atoms with Gasteiger partial charge in [-0.2, -0.15) is 0 Å². The highest BCUT2D eigenvalue weighted by Gasteiger charge is 2.40. The Morgan fingerprint density at radius 2 is 2.10 bits per heavy atom. The Balaban J connectivity index is 2.25. The lowest BCUT2D eigenvalue weighted by Crippen LogP contribution is -2.55. The standard InChI is InChI=1S/C14H18BrN3O2/c1-9-4-5-10(11(15)8-9)12(19)17-14(13(16)18-20)6-2-3-7-14/h4-5,8,20H,2-3,6-7H2,1H3,(H2,16,18)(H,17,19). The van der Waals surface area contributed by atoms with Crippen molar-refractivity contribution in [2.75, 3.05) is 0 Å². The van der Waals surface area contributed by atoms with Gasteiger partial charge in [0.05, 0.1) is 5.56 Å². The third kappa shape index (κ3) is 2.80. The monoisotopic (exact) mass is 339 g/mol. The number of nitrogens with zero attached hydrogens (tertiary/aromatic N) is 1. The Hall–Kier alpha value is -1.56. The van der Waals surface area contributed by atoms with Crippen LogP contribution in [0.25, 0.3) is 0 Å². The van der Waals surface area contributed by atoms with Gasteiger partial charge in [0.2, 0.25) is 0 Å². The number of carbonyl (C=O) groups excluding carboxylic acids is 1. The van der Waals surface area contributed by atoms with Crippen molar-refractivity contribution in [1.82, 2.24) is 5.32 Å². The molecule has 1 saturated carbocycles. The highest BCUT2D eigenvalue weighted by molar-refractivity contribution is 9.10. The number of benzene rings is 1. The Bertz CT molecular complexity index is 551. The number of carbonyl (C=O) groups is 1. The predicted octanol–water partition coefficient (Wildman–Crippen LogP) is 2.55. The van der Waals surface area contributed by atoms with E-state index in [-0.39, 0.29) is 11.7 Å². The number of amides is 1. The number of halogens is 1. The lowest BCUT2D eigenvalue weighted by Gasteiger charge is -2.29. The second-order valence-corrected chi connectivity index (χ2v) is 6.07. The Labute approximate surface area is 126 Å². The molecule has 0 spiro atoms. The number of rotatable bonds is 3. The van der Waals surface area contributed by atoms with E-state index in [1.165, 1.54) is 0 Å². The van der Waals surface area contributed by atoms with Crippen molar-refractivity contribution in [3.05, 3.63) is 33.8 Å². The van der Waals surface area contributed by atoms with Crippen molar-refractivity contribution >= 4 is 27.7 Å². The summed E-state index contributed by atoms with van der Waals surface area (Å²) >= 11 is 3.40. The number of nitrogens with one attached hydrogen (secondary N) is 1. The van der Waals surface area contributed by atoms with Crippen LogP contribution in [0.3, 0.4) is 0 Å². The molecule has 108 valence electrons. The summed E-state index contributed by atoms with van der Waals surface area (Å²) in [6.07, 6.45) is 3.29. The minimum absolute atomic E-state index is 0.0755. The van der Waals surface area contributed by atoms with Gasteiger partial charge in [-0.1, -0.05) is 24.1 Å². The summed E-state index contributed by atoms with van der Waals surface area (Å²) in [6.45, 7) is 1.96. The number of hydrogen-bond donors (Lipinski definition) is 3. The van der Waals surface area contributed by atoms with Crippen molar-refractivity contribution in [1.29, 1.82) is 0 Å². The third-order valence-electron chi connectivity index (χ3n) is 3.78. The van der Waals surface area contributed by atoms with Crippen LogP contribution < -0.4 is 11.1 Å². The molecule has 0 bridgehead atoms. The molecule has 0 saturated heterocycles. The first-order chi connectivity index (χ1) is 9.48. The summed E-state index contributed by atoms with van der Waals surface area (Å²) in [4.78, 5) is 12.4. The molecule has 0 atom stereocenters. The van der Waals surface area contributed by atoms with Crippen LogP contribution in [0.2, 0.25) is 0 Å². The summed E-state index contributed by atoms with van der Waals surface area (Å²) in [7, 11) is 0. The maximum atomic E-state index is 12.4. The van der Waals surface area contributed by atoms with E-state index in [4.69, 9.17) is 10.9 Å². The fourth-order valence-electron chi connectivity index (χ4n) is 2.61. The SMILES string of the molecule is Cc1ccc(C(=O)NC2(/C(N)=N/O)CCCC2)c(Br)c1. The molecule has 1 aliphatic rings. The molecule has 1 aliphatic carbocycles. The van der Waals surface area contributed by atoms with E-state index in [0.717, 1.165) is 22.9 Å². The second-order valence-electron chi connectivity index (χ2n) is 5.21. The minimum Gasteiger partial charge on any atom is -0.409 e. The molecular formula is C14H18BrN3O2. The van der Waals surface area contributed by atoms with Gasteiger partial charge in [-0.05, 0) is 53.4 Å². The lowest BCUT2D eigenvalue weighted by atomic mass is 9.95. The van der Waals surface area contributed by atoms with E-state index in [2.05, 4.69) is 26.4 Å². The van der Waals surface area contributed by atoms with E-state index < -0.39 is 5.54 Å². The van der Waals surface area contributed by atoms with Crippen molar-refractivity contribution in [3.8, 4) is 0 Å². The summed E-state index contributed by atoms with van der Waals surface area (Å²) in [5.41, 5.74) is 6.67. The quantitative estimate of drug-likeness (QED) is 0.342. The second kappa shape index (κ2) is 5.83. The number of hydrogen-bond acceptors (Lipinski definition) is 3. The molecule has 4 N–H and O–H groups in total. The van der Waals surface area contributed by atoms with Gasteiger partial charge >= 0.3 is 0 Å². The fourth-order valence-corrected chi connectivity index (χ4v) is 3.28. The van der Waals surface area contributed by atoms with Gasteiger partial charge in [0.25, 0.3) is 5.91 Å². The van der Waals surface area contributed by atoms with Crippen LogP contribution in [0.4, 0.5) is 0 Å². The van der Waals surface area contributed by atoms with E-state index in [1.807, 2.05) is 19.1 Å². The topological polar surface area (TPSA) is 87.7 Å². The Morgan fingerprint density at radius 3 is 2.65 bits per heavy atom. The third-order valence-corrected chi connectivity index (χ3v) is 4.43. The normalized spacial score (nSPS) is 18.0. The zero-order chi connectivity index (χ0) is 14.8. The molecule has 1 aromatic rings. The van der Waals surface area contributed by atoms with Gasteiger partial charge in [0.1, 0.15) is 5.54 Å². The van der Waals surface area contributed by atoms with E-state index in [9.17, 15) is 4.79 Å². The van der Waals surface area contributed by atoms with Crippen molar-refractivity contribution < 1.29 is 10.0 Å². The van der Waals surface area contributed by atoms with Crippen LogP contribution in [-0.4, -0.2) is 22.5 Å². The van der Waals surface area contributed by atoms with Crippen LogP contribution in [0.1, 0.15) is 41.6 Å². The van der Waals surface area contributed by atoms with Crippen LogP contribution in [0, 0.1) is 6.92 Å². The van der Waals surface area contributed by atoms with Crippen LogP contribution in [0.15, 0.2) is 27.8 Å². The molecule has 0 heterocycles. The molecule has 0 unspecified atom stereocenters. The number of oxime groups is 1. The minimum atomic E-state index is -0.726. The van der Waals surface area contributed by atoms with E-state index >= 15 is 0 Å². The zero-order valence-electron chi connectivity index (χ0n) is 11.3. The molecule has 2 rings (SSSR count). The molecule has 5 nitrogen and oxygen atoms in total. The summed E-state index contributed by atoms with van der Waals surface area (Å²) in [5.74, 6) is -0.142. The molecule has 1 aromatic carbocycles. The fraction of sp³-hybridized carbons (Fsp3) is 0.429. The lowest BCUT2D eigenvalue weighted by molar-refractivity contribution is 0.0922. The summed E-state index contributed by atoms with van der Waals surface area (Å²) < 4.78 is 0.739. The molecule has 20 heavy (non-hydrogen) atoms. The summed E-state index contributed by atoms with van der Waals surface area (Å²) in [5, 5.41) is 15.0. The molecule has 6 heteroatoms. The zero-order valence-corrected chi connectivity index (χ0v) is 12.9. The first-order valence-electron chi connectivity index (χ1n) is 6.55. The first kappa shape index (κ1) is 14.8. The van der Waals surface area contributed by atoms with E-state index in [1.54, 1.807) is 6.07 Å². The van der Waals surface area contributed by atoms with Gasteiger partial charge in [-0.3, -0.25) is 4.79 Å². The number of amidine groups is 1. The maximum absolute atomic E-state index is 12.4. The van der Waals surface area contributed by atoms with Gasteiger partial charge in [-0.15, -0.1) is 0 Å². The first-order valence-corrected chi connectivity index (χ1v) is 7.34. The highest BCUT2D eigenvalue weighted by atomic mass is 79.9. The predicted molar refractivity (Wildman–Crippen MR) is 81.0 cm³/mol. The van der Waals surface area contributed by atoms with Crippen molar-refractivity contribution in [2.45, 2.75) is 38.1 Å². The van der Waals surface area contributed by atoms with E-state index in [0.29, 0.717) is 18.4 Å². The van der Waals surface area contributed by atoms with Crippen LogP contribution in [-0.2, 0) is 0 Å². The molecule has 0 radical (unpaired) electrons. The van der Waals surface area contributed by atoms with Crippen molar-refractivity contribution in [3.63, 3.8) is 0 Å². The molecule has 0 aliphatic heterocycles. The summed E-state index contributed by atoms with van der Waals surface area (Å²) in [6, 6.07) is 5.54.